The van der Waals surface area contributed by atoms with Crippen LogP contribution in [-0.4, -0.2) is 21.7 Å². The van der Waals surface area contributed by atoms with E-state index in [-0.39, 0.29) is 24.1 Å². The highest BCUT2D eigenvalue weighted by molar-refractivity contribution is 5.99. The Morgan fingerprint density at radius 2 is 1.93 bits per heavy atom. The highest BCUT2D eigenvalue weighted by Crippen LogP contribution is 2.33. The summed E-state index contributed by atoms with van der Waals surface area (Å²) in [7, 11) is 0. The number of carbonyl (C=O) groups is 2. The van der Waals surface area contributed by atoms with E-state index in [9.17, 15) is 14.0 Å². The molecule has 1 aliphatic heterocycles. The van der Waals surface area contributed by atoms with Crippen LogP contribution >= 0.6 is 0 Å². The van der Waals surface area contributed by atoms with E-state index in [2.05, 4.69) is 10.3 Å². The number of nitrogens with one attached hydrogen (secondary N) is 1. The van der Waals surface area contributed by atoms with Crippen molar-refractivity contribution in [3.05, 3.63) is 94.9 Å². The maximum absolute atomic E-state index is 13.4. The number of amides is 2. The number of benzene rings is 2. The molecule has 1 atom stereocenters. The van der Waals surface area contributed by atoms with Crippen molar-refractivity contribution < 1.29 is 14.0 Å². The Balaban J connectivity index is 1.60. The van der Waals surface area contributed by atoms with Gasteiger partial charge < -0.3 is 10.2 Å². The van der Waals surface area contributed by atoms with Crippen LogP contribution in [0.2, 0.25) is 0 Å². The van der Waals surface area contributed by atoms with Gasteiger partial charge >= 0.3 is 0 Å². The largest absolute Gasteiger partial charge is 0.327 e. The van der Waals surface area contributed by atoms with E-state index in [1.165, 1.54) is 12.1 Å². The number of fused-ring (bicyclic) bond motifs is 1. The van der Waals surface area contributed by atoms with Gasteiger partial charge in [-0.05, 0) is 53.9 Å². The predicted octanol–water partition coefficient (Wildman–Crippen LogP) is 4.26. The Kier molecular flexibility index (Phi) is 5.08. The van der Waals surface area contributed by atoms with Crippen LogP contribution in [0, 0.1) is 12.7 Å². The number of hydrogen-bond acceptors (Lipinski definition) is 3. The molecule has 2 amide bonds. The van der Waals surface area contributed by atoms with Gasteiger partial charge in [0.2, 0.25) is 5.91 Å². The van der Waals surface area contributed by atoms with Crippen molar-refractivity contribution in [1.82, 2.24) is 9.88 Å². The third kappa shape index (κ3) is 4.01. The van der Waals surface area contributed by atoms with E-state index in [1.54, 1.807) is 35.4 Å². The molecule has 146 valence electrons. The molecule has 0 aliphatic carbocycles. The summed E-state index contributed by atoms with van der Waals surface area (Å²) in [6.45, 7) is 2.33. The van der Waals surface area contributed by atoms with Gasteiger partial charge in [0.1, 0.15) is 11.6 Å². The molecule has 2 heterocycles. The summed E-state index contributed by atoms with van der Waals surface area (Å²) in [5.41, 5.74) is 3.25. The molecule has 1 aliphatic rings. The summed E-state index contributed by atoms with van der Waals surface area (Å²) in [5, 5.41) is 2.79. The summed E-state index contributed by atoms with van der Waals surface area (Å²) in [6.07, 6.45) is 1.67. The highest BCUT2D eigenvalue weighted by Gasteiger charge is 2.34. The number of anilines is 1. The second kappa shape index (κ2) is 7.83. The van der Waals surface area contributed by atoms with E-state index in [4.69, 9.17) is 0 Å². The first-order chi connectivity index (χ1) is 14.0. The molecule has 0 saturated carbocycles. The lowest BCUT2D eigenvalue weighted by Gasteiger charge is -2.28. The van der Waals surface area contributed by atoms with E-state index < -0.39 is 6.04 Å². The van der Waals surface area contributed by atoms with Crippen molar-refractivity contribution in [2.45, 2.75) is 25.9 Å². The number of aryl methyl sites for hydroxylation is 1. The number of hydrogen-bond donors (Lipinski definition) is 1. The summed E-state index contributed by atoms with van der Waals surface area (Å²) >= 11 is 0. The lowest BCUT2D eigenvalue weighted by atomic mass is 10.0. The Hall–Kier alpha value is -3.54. The summed E-state index contributed by atoms with van der Waals surface area (Å²) in [6, 6.07) is 16.4. The van der Waals surface area contributed by atoms with Gasteiger partial charge in [0.05, 0.1) is 12.5 Å². The van der Waals surface area contributed by atoms with Crippen molar-refractivity contribution in [3.63, 3.8) is 0 Å². The SMILES string of the molecule is Cc1ccnc(NC(=O)C[C@@H](c2ccc(F)cc2)N2Cc3ccccc3C2=O)c1. The molecule has 0 spiro atoms. The minimum atomic E-state index is -0.514. The second-order valence-corrected chi connectivity index (χ2v) is 7.13. The van der Waals surface area contributed by atoms with Crippen LogP contribution in [0.15, 0.2) is 66.9 Å². The van der Waals surface area contributed by atoms with Gasteiger partial charge in [-0.2, -0.15) is 0 Å². The zero-order valence-corrected chi connectivity index (χ0v) is 15.9. The Morgan fingerprint density at radius 3 is 2.66 bits per heavy atom. The number of halogens is 1. The first kappa shape index (κ1) is 18.8. The molecule has 0 bridgehead atoms. The van der Waals surface area contributed by atoms with E-state index in [0.29, 0.717) is 23.5 Å². The van der Waals surface area contributed by atoms with Crippen LogP contribution in [0.4, 0.5) is 10.2 Å². The van der Waals surface area contributed by atoms with Crippen molar-refractivity contribution in [1.29, 1.82) is 0 Å². The van der Waals surface area contributed by atoms with E-state index in [1.807, 2.05) is 31.2 Å². The van der Waals surface area contributed by atoms with Gasteiger partial charge in [0, 0.05) is 18.3 Å². The third-order valence-electron chi connectivity index (χ3n) is 5.04. The van der Waals surface area contributed by atoms with Gasteiger partial charge in [0.15, 0.2) is 0 Å². The second-order valence-electron chi connectivity index (χ2n) is 7.13. The number of carbonyl (C=O) groups excluding carboxylic acids is 2. The molecule has 0 radical (unpaired) electrons. The fraction of sp³-hybridized carbons (Fsp3) is 0.174. The number of nitrogens with zero attached hydrogens (tertiary/aromatic N) is 2. The lowest BCUT2D eigenvalue weighted by molar-refractivity contribution is -0.117. The molecule has 4 rings (SSSR count). The molecule has 6 heteroatoms. The van der Waals surface area contributed by atoms with E-state index >= 15 is 0 Å². The standard InChI is InChI=1S/C23H20FN3O2/c1-15-10-11-25-21(12-15)26-22(28)13-20(16-6-8-18(24)9-7-16)27-14-17-4-2-3-5-19(17)23(27)29/h2-12,20H,13-14H2,1H3,(H,25,26,28)/t20-/m0/s1. The summed E-state index contributed by atoms with van der Waals surface area (Å²) in [5.74, 6) is -0.293. The van der Waals surface area contributed by atoms with E-state index in [0.717, 1.165) is 11.1 Å². The molecule has 29 heavy (non-hydrogen) atoms. The molecular weight excluding hydrogens is 369 g/mol. The van der Waals surface area contributed by atoms with Crippen molar-refractivity contribution in [3.8, 4) is 0 Å². The van der Waals surface area contributed by atoms with Gasteiger partial charge in [-0.15, -0.1) is 0 Å². The van der Waals surface area contributed by atoms with Gasteiger partial charge in [0.25, 0.3) is 5.91 Å². The van der Waals surface area contributed by atoms with Crippen LogP contribution in [0.5, 0.6) is 0 Å². The van der Waals surface area contributed by atoms with Crippen LogP contribution in [-0.2, 0) is 11.3 Å². The maximum Gasteiger partial charge on any atom is 0.255 e. The highest BCUT2D eigenvalue weighted by atomic mass is 19.1. The predicted molar refractivity (Wildman–Crippen MR) is 108 cm³/mol. The summed E-state index contributed by atoms with van der Waals surface area (Å²) in [4.78, 5) is 31.5. The van der Waals surface area contributed by atoms with Crippen LogP contribution < -0.4 is 5.32 Å². The lowest BCUT2D eigenvalue weighted by Crippen LogP contribution is -2.32. The molecule has 0 fully saturated rings. The monoisotopic (exact) mass is 389 g/mol. The normalized spacial score (nSPS) is 13.9. The smallest absolute Gasteiger partial charge is 0.255 e. The number of pyridine rings is 1. The minimum Gasteiger partial charge on any atom is -0.327 e. The average Bonchev–Trinajstić information content (AvgIpc) is 3.04. The van der Waals surface area contributed by atoms with Gasteiger partial charge in [-0.1, -0.05) is 30.3 Å². The van der Waals surface area contributed by atoms with Gasteiger partial charge in [-0.3, -0.25) is 9.59 Å². The molecule has 5 nitrogen and oxygen atoms in total. The fourth-order valence-corrected chi connectivity index (χ4v) is 3.60. The average molecular weight is 389 g/mol. The quantitative estimate of drug-likeness (QED) is 0.709. The molecular formula is C23H20FN3O2. The third-order valence-corrected chi connectivity index (χ3v) is 5.04. The molecule has 0 saturated heterocycles. The molecule has 0 unspecified atom stereocenters. The maximum atomic E-state index is 13.4. The molecule has 2 aromatic carbocycles. The molecule has 1 aromatic heterocycles. The van der Waals surface area contributed by atoms with Gasteiger partial charge in [-0.25, -0.2) is 9.37 Å². The zero-order valence-electron chi connectivity index (χ0n) is 15.9. The molecule has 3 aromatic rings. The van der Waals surface area contributed by atoms with Crippen LogP contribution in [0.25, 0.3) is 0 Å². The van der Waals surface area contributed by atoms with Crippen LogP contribution in [0.1, 0.15) is 39.5 Å². The Bertz CT molecular complexity index is 1070. The Morgan fingerprint density at radius 1 is 1.17 bits per heavy atom. The first-order valence-corrected chi connectivity index (χ1v) is 9.38. The summed E-state index contributed by atoms with van der Waals surface area (Å²) < 4.78 is 13.4. The first-order valence-electron chi connectivity index (χ1n) is 9.38. The Labute approximate surface area is 168 Å². The topological polar surface area (TPSA) is 62.3 Å². The minimum absolute atomic E-state index is 0.0426. The fourth-order valence-electron chi connectivity index (χ4n) is 3.60. The number of rotatable bonds is 5. The zero-order chi connectivity index (χ0) is 20.4. The van der Waals surface area contributed by atoms with Crippen LogP contribution in [0.3, 0.4) is 0 Å². The number of aromatic nitrogens is 1. The molecule has 1 N–H and O–H groups in total. The van der Waals surface area contributed by atoms with Crippen molar-refractivity contribution in [2.75, 3.05) is 5.32 Å². The van der Waals surface area contributed by atoms with Crippen molar-refractivity contribution in [2.24, 2.45) is 0 Å². The van der Waals surface area contributed by atoms with Crippen molar-refractivity contribution >= 4 is 17.6 Å².